The number of methoxy groups -OCH3 is 2. The second kappa shape index (κ2) is 7.33. The van der Waals surface area contributed by atoms with Gasteiger partial charge in [0.1, 0.15) is 18.1 Å². The lowest BCUT2D eigenvalue weighted by Crippen LogP contribution is -1.93. The van der Waals surface area contributed by atoms with Gasteiger partial charge in [0.25, 0.3) is 0 Å². The quantitative estimate of drug-likeness (QED) is 0.536. The van der Waals surface area contributed by atoms with E-state index in [1.54, 1.807) is 32.8 Å². The van der Waals surface area contributed by atoms with Crippen LogP contribution in [0.2, 0.25) is 0 Å². The van der Waals surface area contributed by atoms with Gasteiger partial charge in [-0.15, -0.1) is 0 Å². The maximum absolute atomic E-state index is 8.93. The van der Waals surface area contributed by atoms with Crippen molar-refractivity contribution in [3.8, 4) is 40.0 Å². The number of nitriles is 1. The van der Waals surface area contributed by atoms with Gasteiger partial charge in [0, 0.05) is 22.7 Å². The van der Waals surface area contributed by atoms with Crippen molar-refractivity contribution in [1.29, 1.82) is 5.26 Å². The first-order valence-corrected chi connectivity index (χ1v) is 8.57. The van der Waals surface area contributed by atoms with Crippen LogP contribution < -0.4 is 9.47 Å². The van der Waals surface area contributed by atoms with Gasteiger partial charge in [-0.25, -0.2) is 15.0 Å². The van der Waals surface area contributed by atoms with Crippen LogP contribution in [0, 0.1) is 11.3 Å². The Morgan fingerprint density at radius 1 is 0.786 bits per heavy atom. The van der Waals surface area contributed by atoms with E-state index >= 15 is 0 Å². The highest BCUT2D eigenvalue weighted by Crippen LogP contribution is 2.35. The fraction of sp³-hybridized carbons (Fsp3) is 0.0909. The third-order valence-electron chi connectivity index (χ3n) is 4.50. The molecule has 0 aliphatic rings. The van der Waals surface area contributed by atoms with Gasteiger partial charge in [0.15, 0.2) is 11.5 Å². The summed E-state index contributed by atoms with van der Waals surface area (Å²) in [5.74, 6) is 1.30. The highest BCUT2D eigenvalue weighted by molar-refractivity contribution is 5.95. The van der Waals surface area contributed by atoms with Gasteiger partial charge in [0.05, 0.1) is 25.4 Å². The molecule has 0 amide bonds. The number of benzene rings is 2. The molecule has 4 aromatic rings. The van der Waals surface area contributed by atoms with E-state index < -0.39 is 0 Å². The Balaban J connectivity index is 1.86. The Labute approximate surface area is 162 Å². The molecule has 0 unspecified atom stereocenters. The van der Waals surface area contributed by atoms with Crippen LogP contribution in [0.15, 0.2) is 61.1 Å². The van der Waals surface area contributed by atoms with Crippen LogP contribution in [0.3, 0.4) is 0 Å². The molecule has 0 bridgehead atoms. The van der Waals surface area contributed by atoms with Gasteiger partial charge in [-0.2, -0.15) is 5.26 Å². The number of nitrogens with zero attached hydrogens (tertiary/aromatic N) is 4. The molecule has 28 heavy (non-hydrogen) atoms. The molecule has 0 fully saturated rings. The standard InChI is InChI=1S/C22H16N4O2/c1-27-20-8-5-15(10-21(20)28-2)22-18-9-14(4-7-19(18)25-13-26-22)16-3-6-17(11-23)24-12-16/h3-10,12-13H,1-2H3. The highest BCUT2D eigenvalue weighted by atomic mass is 16.5. The second-order valence-electron chi connectivity index (χ2n) is 6.07. The first-order chi connectivity index (χ1) is 13.7. The van der Waals surface area contributed by atoms with E-state index in [1.165, 1.54) is 0 Å². The van der Waals surface area contributed by atoms with Gasteiger partial charge in [-0.3, -0.25) is 0 Å². The molecule has 4 rings (SSSR count). The van der Waals surface area contributed by atoms with Gasteiger partial charge < -0.3 is 9.47 Å². The summed E-state index contributed by atoms with van der Waals surface area (Å²) in [4.78, 5) is 13.0. The van der Waals surface area contributed by atoms with Crippen molar-refractivity contribution in [2.45, 2.75) is 0 Å². The van der Waals surface area contributed by atoms with E-state index in [-0.39, 0.29) is 0 Å². The fourth-order valence-corrected chi connectivity index (χ4v) is 3.08. The molecule has 6 heteroatoms. The predicted molar refractivity (Wildman–Crippen MR) is 106 cm³/mol. The van der Waals surface area contributed by atoms with Crippen molar-refractivity contribution in [3.05, 3.63) is 66.7 Å². The molecule has 136 valence electrons. The smallest absolute Gasteiger partial charge is 0.161 e. The average molecular weight is 368 g/mol. The van der Waals surface area contributed by atoms with Crippen LogP contribution in [-0.2, 0) is 0 Å². The molecule has 2 aromatic carbocycles. The van der Waals surface area contributed by atoms with Crippen LogP contribution in [-0.4, -0.2) is 29.2 Å². The van der Waals surface area contributed by atoms with Crippen molar-refractivity contribution in [3.63, 3.8) is 0 Å². The molecule has 0 saturated carbocycles. The summed E-state index contributed by atoms with van der Waals surface area (Å²) in [6.45, 7) is 0. The minimum atomic E-state index is 0.388. The predicted octanol–water partition coefficient (Wildman–Crippen LogP) is 4.25. The Hall–Kier alpha value is -3.98. The van der Waals surface area contributed by atoms with Gasteiger partial charge >= 0.3 is 0 Å². The Kier molecular flexibility index (Phi) is 4.56. The average Bonchev–Trinajstić information content (AvgIpc) is 2.78. The van der Waals surface area contributed by atoms with Gasteiger partial charge in [0.2, 0.25) is 0 Å². The van der Waals surface area contributed by atoms with E-state index in [0.717, 1.165) is 33.3 Å². The lowest BCUT2D eigenvalue weighted by molar-refractivity contribution is 0.355. The van der Waals surface area contributed by atoms with E-state index in [9.17, 15) is 0 Å². The van der Waals surface area contributed by atoms with E-state index in [1.807, 2.05) is 48.5 Å². The zero-order valence-corrected chi connectivity index (χ0v) is 15.4. The van der Waals surface area contributed by atoms with Crippen LogP contribution in [0.4, 0.5) is 0 Å². The molecule has 0 radical (unpaired) electrons. The molecule has 0 atom stereocenters. The number of aromatic nitrogens is 3. The lowest BCUT2D eigenvalue weighted by Gasteiger charge is -2.11. The minimum Gasteiger partial charge on any atom is -0.493 e. The number of rotatable bonds is 4. The van der Waals surface area contributed by atoms with Crippen LogP contribution in [0.1, 0.15) is 5.69 Å². The van der Waals surface area contributed by atoms with Crippen LogP contribution in [0.25, 0.3) is 33.3 Å². The Morgan fingerprint density at radius 2 is 1.57 bits per heavy atom. The van der Waals surface area contributed by atoms with Crippen molar-refractivity contribution < 1.29 is 9.47 Å². The fourth-order valence-electron chi connectivity index (χ4n) is 3.08. The number of hydrogen-bond donors (Lipinski definition) is 0. The van der Waals surface area contributed by atoms with Crippen LogP contribution >= 0.6 is 0 Å². The molecule has 0 saturated heterocycles. The molecule has 6 nitrogen and oxygen atoms in total. The third-order valence-corrected chi connectivity index (χ3v) is 4.50. The first kappa shape index (κ1) is 17.4. The topological polar surface area (TPSA) is 80.9 Å². The zero-order valence-electron chi connectivity index (χ0n) is 15.4. The van der Waals surface area contributed by atoms with Gasteiger partial charge in [-0.1, -0.05) is 6.07 Å². The second-order valence-corrected chi connectivity index (χ2v) is 6.07. The summed E-state index contributed by atoms with van der Waals surface area (Å²) in [5, 5.41) is 9.85. The van der Waals surface area contributed by atoms with Crippen LogP contribution in [0.5, 0.6) is 11.5 Å². The molecule has 0 spiro atoms. The molecule has 0 aliphatic heterocycles. The van der Waals surface area contributed by atoms with Crippen molar-refractivity contribution in [1.82, 2.24) is 15.0 Å². The van der Waals surface area contributed by atoms with E-state index in [2.05, 4.69) is 15.0 Å². The number of ether oxygens (including phenoxy) is 2. The van der Waals surface area contributed by atoms with Gasteiger partial charge in [-0.05, 0) is 48.0 Å². The molecular weight excluding hydrogens is 352 g/mol. The normalized spacial score (nSPS) is 10.5. The van der Waals surface area contributed by atoms with Crippen molar-refractivity contribution in [2.75, 3.05) is 14.2 Å². The monoisotopic (exact) mass is 368 g/mol. The summed E-state index contributed by atoms with van der Waals surface area (Å²) in [5.41, 5.74) is 4.82. The molecule has 0 N–H and O–H groups in total. The summed E-state index contributed by atoms with van der Waals surface area (Å²) >= 11 is 0. The largest absolute Gasteiger partial charge is 0.493 e. The SMILES string of the molecule is COc1ccc(-c2ncnc3ccc(-c4ccc(C#N)nc4)cc23)cc1OC. The summed E-state index contributed by atoms with van der Waals surface area (Å²) < 4.78 is 10.7. The zero-order chi connectivity index (χ0) is 19.5. The lowest BCUT2D eigenvalue weighted by atomic mass is 10.0. The van der Waals surface area contributed by atoms with E-state index in [0.29, 0.717) is 17.2 Å². The first-order valence-electron chi connectivity index (χ1n) is 8.57. The number of pyridine rings is 1. The number of hydrogen-bond acceptors (Lipinski definition) is 6. The summed E-state index contributed by atoms with van der Waals surface area (Å²) in [7, 11) is 3.21. The minimum absolute atomic E-state index is 0.388. The van der Waals surface area contributed by atoms with Crippen molar-refractivity contribution >= 4 is 10.9 Å². The molecular formula is C22H16N4O2. The van der Waals surface area contributed by atoms with Crippen molar-refractivity contribution in [2.24, 2.45) is 0 Å². The maximum Gasteiger partial charge on any atom is 0.161 e. The Morgan fingerprint density at radius 3 is 2.29 bits per heavy atom. The Bertz CT molecular complexity index is 1200. The number of fused-ring (bicyclic) bond motifs is 1. The molecule has 0 aliphatic carbocycles. The van der Waals surface area contributed by atoms with E-state index in [4.69, 9.17) is 14.7 Å². The highest BCUT2D eigenvalue weighted by Gasteiger charge is 2.12. The molecule has 2 aromatic heterocycles. The molecule has 2 heterocycles. The third kappa shape index (κ3) is 3.10. The summed E-state index contributed by atoms with van der Waals surface area (Å²) in [6, 6.07) is 17.3. The summed E-state index contributed by atoms with van der Waals surface area (Å²) in [6.07, 6.45) is 3.25. The maximum atomic E-state index is 8.93.